The summed E-state index contributed by atoms with van der Waals surface area (Å²) in [5, 5.41) is 8.01. The highest BCUT2D eigenvalue weighted by molar-refractivity contribution is 5.92. The first-order valence-electron chi connectivity index (χ1n) is 9.71. The largest absolute Gasteiger partial charge is 0.339 e. The average Bonchev–Trinajstić information content (AvgIpc) is 2.94. The second-order valence-corrected chi connectivity index (χ2v) is 7.49. The molecule has 1 aromatic carbocycles. The van der Waals surface area contributed by atoms with Gasteiger partial charge < -0.3 is 10.2 Å². The normalized spacial score (nSPS) is 15.4. The molecule has 1 aliphatic heterocycles. The molecule has 1 fully saturated rings. The van der Waals surface area contributed by atoms with E-state index < -0.39 is 0 Å². The van der Waals surface area contributed by atoms with Gasteiger partial charge in [0.15, 0.2) is 0 Å². The first kappa shape index (κ1) is 19.4. The van der Waals surface area contributed by atoms with Gasteiger partial charge in [-0.15, -0.1) is 0 Å². The van der Waals surface area contributed by atoms with Gasteiger partial charge in [0.1, 0.15) is 0 Å². The molecule has 144 valence electrons. The molecule has 0 aliphatic carbocycles. The van der Waals surface area contributed by atoms with E-state index in [9.17, 15) is 4.79 Å². The number of aryl methyl sites for hydroxylation is 2. The quantitative estimate of drug-likeness (QED) is 0.828. The number of hydrogen-bond donors (Lipinski definition) is 1. The lowest BCUT2D eigenvalue weighted by Gasteiger charge is -2.30. The molecule has 5 nitrogen and oxygen atoms in total. The Morgan fingerprint density at radius 1 is 1.22 bits per heavy atom. The van der Waals surface area contributed by atoms with Crippen LogP contribution in [0.15, 0.2) is 30.3 Å². The van der Waals surface area contributed by atoms with Gasteiger partial charge in [-0.05, 0) is 58.3 Å². The smallest absolute Gasteiger partial charge is 0.246 e. The van der Waals surface area contributed by atoms with E-state index in [1.807, 2.05) is 29.6 Å². The number of hydrogen-bond acceptors (Lipinski definition) is 3. The van der Waals surface area contributed by atoms with Crippen LogP contribution < -0.4 is 5.32 Å². The third-order valence-electron chi connectivity index (χ3n) is 5.49. The van der Waals surface area contributed by atoms with Crippen molar-refractivity contribution in [1.82, 2.24) is 20.0 Å². The van der Waals surface area contributed by atoms with Gasteiger partial charge in [0.05, 0.1) is 12.2 Å². The van der Waals surface area contributed by atoms with Gasteiger partial charge in [-0.2, -0.15) is 5.10 Å². The van der Waals surface area contributed by atoms with E-state index in [2.05, 4.69) is 48.5 Å². The summed E-state index contributed by atoms with van der Waals surface area (Å²) >= 11 is 0. The molecule has 0 radical (unpaired) electrons. The van der Waals surface area contributed by atoms with E-state index in [1.165, 1.54) is 11.1 Å². The number of nitrogens with zero attached hydrogens (tertiary/aromatic N) is 3. The molecule has 0 atom stereocenters. The van der Waals surface area contributed by atoms with Crippen LogP contribution in [0.3, 0.4) is 0 Å². The zero-order valence-electron chi connectivity index (χ0n) is 16.8. The number of nitrogens with one attached hydrogen (secondary N) is 1. The maximum Gasteiger partial charge on any atom is 0.246 e. The predicted octanol–water partition coefficient (Wildman–Crippen LogP) is 3.08. The van der Waals surface area contributed by atoms with Gasteiger partial charge in [0, 0.05) is 30.4 Å². The second kappa shape index (κ2) is 8.53. The molecule has 0 saturated carbocycles. The van der Waals surface area contributed by atoms with Crippen molar-refractivity contribution in [3.63, 3.8) is 0 Å². The van der Waals surface area contributed by atoms with Crippen LogP contribution in [-0.4, -0.2) is 46.8 Å². The zero-order chi connectivity index (χ0) is 19.4. The van der Waals surface area contributed by atoms with Crippen LogP contribution in [0.25, 0.3) is 6.08 Å². The average molecular weight is 367 g/mol. The highest BCUT2D eigenvalue weighted by atomic mass is 16.2. The lowest BCUT2D eigenvalue weighted by atomic mass is 10.1. The summed E-state index contributed by atoms with van der Waals surface area (Å²) in [7, 11) is 1.91. The molecule has 0 unspecified atom stereocenters. The molecular weight excluding hydrogens is 336 g/mol. The molecular formula is C22H30N4O. The van der Waals surface area contributed by atoms with E-state index in [0.717, 1.165) is 49.4 Å². The fourth-order valence-electron chi connectivity index (χ4n) is 3.62. The van der Waals surface area contributed by atoms with Crippen molar-refractivity contribution in [2.24, 2.45) is 0 Å². The molecule has 2 aromatic rings. The van der Waals surface area contributed by atoms with E-state index in [1.54, 1.807) is 6.08 Å². The minimum Gasteiger partial charge on any atom is -0.339 e. The third-order valence-corrected chi connectivity index (χ3v) is 5.49. The summed E-state index contributed by atoms with van der Waals surface area (Å²) < 4.78 is 2.01. The van der Waals surface area contributed by atoms with E-state index in [0.29, 0.717) is 6.04 Å². The Morgan fingerprint density at radius 2 is 1.89 bits per heavy atom. The number of carbonyl (C=O) groups is 1. The Kier molecular flexibility index (Phi) is 6.11. The number of aromatic nitrogens is 2. The second-order valence-electron chi connectivity index (χ2n) is 7.49. The minimum atomic E-state index is 0.0620. The number of likely N-dealkylation sites (N-methyl/N-ethyl adjacent to an activating group) is 1. The van der Waals surface area contributed by atoms with Gasteiger partial charge in [0.2, 0.25) is 5.91 Å². The van der Waals surface area contributed by atoms with Crippen LogP contribution in [0.4, 0.5) is 0 Å². The van der Waals surface area contributed by atoms with Crippen molar-refractivity contribution in [2.75, 3.05) is 20.1 Å². The van der Waals surface area contributed by atoms with Crippen LogP contribution in [0, 0.1) is 20.8 Å². The van der Waals surface area contributed by atoms with Crippen LogP contribution in [0.1, 0.15) is 40.9 Å². The Labute approximate surface area is 162 Å². The van der Waals surface area contributed by atoms with Crippen molar-refractivity contribution in [3.05, 3.63) is 58.4 Å². The van der Waals surface area contributed by atoms with Gasteiger partial charge in [0.25, 0.3) is 0 Å². The lowest BCUT2D eigenvalue weighted by Crippen LogP contribution is -2.43. The van der Waals surface area contributed by atoms with Gasteiger partial charge in [-0.3, -0.25) is 9.48 Å². The Balaban J connectivity index is 1.71. The fourth-order valence-corrected chi connectivity index (χ4v) is 3.62. The van der Waals surface area contributed by atoms with Crippen LogP contribution in [0.5, 0.6) is 0 Å². The number of piperidine rings is 1. The topological polar surface area (TPSA) is 50.2 Å². The fraction of sp³-hybridized carbons (Fsp3) is 0.455. The molecule has 0 spiro atoms. The monoisotopic (exact) mass is 366 g/mol. The molecule has 3 rings (SSSR count). The van der Waals surface area contributed by atoms with Crippen molar-refractivity contribution >= 4 is 12.0 Å². The summed E-state index contributed by atoms with van der Waals surface area (Å²) in [5.41, 5.74) is 5.56. The number of benzene rings is 1. The van der Waals surface area contributed by atoms with Gasteiger partial charge in [-0.1, -0.05) is 29.8 Å². The van der Waals surface area contributed by atoms with Crippen molar-refractivity contribution in [1.29, 1.82) is 0 Å². The predicted molar refractivity (Wildman–Crippen MR) is 110 cm³/mol. The SMILES string of the molecule is Cc1ccc(Cn2nc(C)c(/C=C/C(=O)N(C)C3CCNCC3)c2C)cc1. The number of carbonyl (C=O) groups excluding carboxylic acids is 1. The minimum absolute atomic E-state index is 0.0620. The third kappa shape index (κ3) is 4.66. The van der Waals surface area contributed by atoms with Gasteiger partial charge in [-0.25, -0.2) is 0 Å². The Hall–Kier alpha value is -2.40. The van der Waals surface area contributed by atoms with Crippen LogP contribution >= 0.6 is 0 Å². The molecule has 1 aromatic heterocycles. The lowest BCUT2D eigenvalue weighted by molar-refractivity contribution is -0.127. The highest BCUT2D eigenvalue weighted by Gasteiger charge is 2.20. The summed E-state index contributed by atoms with van der Waals surface area (Å²) in [4.78, 5) is 14.4. The maximum atomic E-state index is 12.6. The molecule has 5 heteroatoms. The maximum absolute atomic E-state index is 12.6. The van der Waals surface area contributed by atoms with E-state index in [-0.39, 0.29) is 5.91 Å². The van der Waals surface area contributed by atoms with Crippen molar-refractivity contribution in [2.45, 2.75) is 46.2 Å². The van der Waals surface area contributed by atoms with E-state index >= 15 is 0 Å². The van der Waals surface area contributed by atoms with Crippen molar-refractivity contribution < 1.29 is 4.79 Å². The summed E-state index contributed by atoms with van der Waals surface area (Å²) in [6.45, 7) is 8.86. The van der Waals surface area contributed by atoms with E-state index in [4.69, 9.17) is 0 Å². The molecule has 1 aliphatic rings. The van der Waals surface area contributed by atoms with Gasteiger partial charge >= 0.3 is 0 Å². The first-order chi connectivity index (χ1) is 13.0. The standard InChI is InChI=1S/C22H30N4O/c1-16-5-7-19(8-6-16)15-26-18(3)21(17(2)24-26)9-10-22(27)25(4)20-11-13-23-14-12-20/h5-10,20,23H,11-15H2,1-4H3/b10-9+. The molecule has 0 bridgehead atoms. The summed E-state index contributed by atoms with van der Waals surface area (Å²) in [6.07, 6.45) is 5.64. The molecule has 2 heterocycles. The summed E-state index contributed by atoms with van der Waals surface area (Å²) in [6, 6.07) is 8.85. The van der Waals surface area contributed by atoms with Crippen LogP contribution in [-0.2, 0) is 11.3 Å². The molecule has 1 saturated heterocycles. The molecule has 27 heavy (non-hydrogen) atoms. The van der Waals surface area contributed by atoms with Crippen molar-refractivity contribution in [3.8, 4) is 0 Å². The Bertz CT molecular complexity index is 814. The number of amides is 1. The summed E-state index contributed by atoms with van der Waals surface area (Å²) in [5.74, 6) is 0.0620. The molecule has 1 amide bonds. The zero-order valence-corrected chi connectivity index (χ0v) is 16.8. The van der Waals surface area contributed by atoms with Crippen LogP contribution in [0.2, 0.25) is 0 Å². The molecule has 1 N–H and O–H groups in total. The Morgan fingerprint density at radius 3 is 2.56 bits per heavy atom. The number of rotatable bonds is 5. The highest BCUT2D eigenvalue weighted by Crippen LogP contribution is 2.18. The first-order valence-corrected chi connectivity index (χ1v) is 9.71.